The third-order valence-corrected chi connectivity index (χ3v) is 5.10. The predicted molar refractivity (Wildman–Crippen MR) is 91.3 cm³/mol. The summed E-state index contributed by atoms with van der Waals surface area (Å²) in [6.45, 7) is 0.642. The van der Waals surface area contributed by atoms with Gasteiger partial charge in [-0.15, -0.1) is 0 Å². The van der Waals surface area contributed by atoms with Crippen molar-refractivity contribution < 1.29 is 4.74 Å². The van der Waals surface area contributed by atoms with Crippen LogP contribution in [0.5, 0.6) is 0 Å². The van der Waals surface area contributed by atoms with Gasteiger partial charge in [0.15, 0.2) is 0 Å². The van der Waals surface area contributed by atoms with Crippen LogP contribution >= 0.6 is 0 Å². The number of anilines is 1. The van der Waals surface area contributed by atoms with Crippen molar-refractivity contribution >= 4 is 11.4 Å². The van der Waals surface area contributed by atoms with Crippen LogP contribution in [0.15, 0.2) is 30.3 Å². The lowest BCUT2D eigenvalue weighted by atomic mass is 9.82. The van der Waals surface area contributed by atoms with Crippen LogP contribution in [0.3, 0.4) is 0 Å². The number of hydrogen-bond donors (Lipinski definition) is 2. The number of hydrogen-bond acceptors (Lipinski definition) is 4. The third-order valence-electron chi connectivity index (χ3n) is 5.10. The Morgan fingerprint density at radius 1 is 1.23 bits per heavy atom. The molecule has 1 fully saturated rings. The quantitative estimate of drug-likeness (QED) is 0.897. The van der Waals surface area contributed by atoms with Crippen LogP contribution in [0, 0.1) is 5.92 Å². The number of methoxy groups -OCH3 is 1. The number of benzene rings is 1. The fourth-order valence-electron chi connectivity index (χ4n) is 4.02. The monoisotopic (exact) mass is 301 g/mol. The summed E-state index contributed by atoms with van der Waals surface area (Å²) in [4.78, 5) is 2.31. The summed E-state index contributed by atoms with van der Waals surface area (Å²) >= 11 is 0. The Balaban J connectivity index is 1.96. The van der Waals surface area contributed by atoms with E-state index in [2.05, 4.69) is 23.1 Å². The zero-order valence-electron chi connectivity index (χ0n) is 13.4. The van der Waals surface area contributed by atoms with E-state index in [1.165, 1.54) is 32.1 Å². The summed E-state index contributed by atoms with van der Waals surface area (Å²) in [7, 11) is 1.70. The maximum absolute atomic E-state index is 6.46. The van der Waals surface area contributed by atoms with Crippen molar-refractivity contribution in [3.63, 3.8) is 0 Å². The zero-order chi connectivity index (χ0) is 15.5. The highest BCUT2D eigenvalue weighted by molar-refractivity contribution is 5.78. The first-order chi connectivity index (χ1) is 10.8. The minimum absolute atomic E-state index is 0.180. The van der Waals surface area contributed by atoms with Gasteiger partial charge in [0.2, 0.25) is 0 Å². The highest BCUT2D eigenvalue weighted by atomic mass is 16.5. The summed E-state index contributed by atoms with van der Waals surface area (Å²) in [5.41, 5.74) is 14.9. The van der Waals surface area contributed by atoms with Crippen LogP contribution in [0.25, 0.3) is 5.76 Å². The lowest BCUT2D eigenvalue weighted by Crippen LogP contribution is -2.55. The summed E-state index contributed by atoms with van der Waals surface area (Å²) < 4.78 is 5.52. The van der Waals surface area contributed by atoms with Crippen molar-refractivity contribution in [2.75, 3.05) is 18.6 Å². The molecular weight excluding hydrogens is 274 g/mol. The van der Waals surface area contributed by atoms with Gasteiger partial charge in [-0.3, -0.25) is 0 Å². The summed E-state index contributed by atoms with van der Waals surface area (Å²) in [6.07, 6.45) is 8.32. The number of ether oxygens (including phenoxy) is 1. The number of rotatable bonds is 4. The Bertz CT molecular complexity index is 537. The number of para-hydroxylation sites is 1. The second kappa shape index (κ2) is 6.71. The number of nitrogens with zero attached hydrogens (tertiary/aromatic N) is 1. The highest BCUT2D eigenvalue weighted by Gasteiger charge is 2.34. The average Bonchev–Trinajstić information content (AvgIpc) is 2.58. The molecule has 0 radical (unpaired) electrons. The van der Waals surface area contributed by atoms with Gasteiger partial charge in [-0.1, -0.05) is 31.4 Å². The van der Waals surface area contributed by atoms with Crippen LogP contribution in [0.4, 0.5) is 5.69 Å². The molecule has 1 heterocycles. The van der Waals surface area contributed by atoms with Gasteiger partial charge >= 0.3 is 0 Å². The first-order valence-electron chi connectivity index (χ1n) is 8.35. The van der Waals surface area contributed by atoms with Crippen LogP contribution in [-0.2, 0) is 4.74 Å². The molecule has 0 aromatic heterocycles. The van der Waals surface area contributed by atoms with Crippen molar-refractivity contribution in [1.29, 1.82) is 0 Å². The molecular formula is C18H27N3O. The Morgan fingerprint density at radius 2 is 1.95 bits per heavy atom. The van der Waals surface area contributed by atoms with Gasteiger partial charge < -0.3 is 21.1 Å². The lowest BCUT2D eigenvalue weighted by molar-refractivity contribution is 0.288. The van der Waals surface area contributed by atoms with Crippen molar-refractivity contribution in [1.82, 2.24) is 0 Å². The standard InChI is InChI=1S/C18H27N3O/c1-22-17-11-18(20)21(15-10-6-5-9-14(15)17)16(12-19)13-7-3-2-4-8-13/h5-6,9-11,13,16,18H,2-4,7-8,12,19-20H2,1H3. The molecule has 2 aliphatic rings. The second-order valence-corrected chi connectivity index (χ2v) is 6.35. The highest BCUT2D eigenvalue weighted by Crippen LogP contribution is 2.38. The predicted octanol–water partition coefficient (Wildman–Crippen LogP) is 2.69. The summed E-state index contributed by atoms with van der Waals surface area (Å²) in [5.74, 6) is 1.49. The smallest absolute Gasteiger partial charge is 0.127 e. The van der Waals surface area contributed by atoms with E-state index in [1.807, 2.05) is 12.1 Å². The Hall–Kier alpha value is -1.52. The molecule has 120 valence electrons. The van der Waals surface area contributed by atoms with E-state index in [1.54, 1.807) is 7.11 Å². The fourth-order valence-corrected chi connectivity index (χ4v) is 4.02. The molecule has 3 rings (SSSR count). The molecule has 4 nitrogen and oxygen atoms in total. The molecule has 0 amide bonds. The first kappa shape index (κ1) is 15.4. The van der Waals surface area contributed by atoms with E-state index in [0.717, 1.165) is 17.0 Å². The van der Waals surface area contributed by atoms with E-state index in [4.69, 9.17) is 16.2 Å². The number of fused-ring (bicyclic) bond motifs is 1. The van der Waals surface area contributed by atoms with E-state index in [-0.39, 0.29) is 6.17 Å². The molecule has 4 N–H and O–H groups in total. The van der Waals surface area contributed by atoms with Crippen molar-refractivity contribution in [3.05, 3.63) is 35.9 Å². The Labute approximate surface area is 133 Å². The summed E-state index contributed by atoms with van der Waals surface area (Å²) in [6, 6.07) is 8.63. The van der Waals surface area contributed by atoms with Crippen LogP contribution in [-0.4, -0.2) is 25.9 Å². The van der Waals surface area contributed by atoms with E-state index in [0.29, 0.717) is 18.5 Å². The molecule has 1 aromatic rings. The van der Waals surface area contributed by atoms with Gasteiger partial charge in [0.05, 0.1) is 7.11 Å². The minimum atomic E-state index is -0.180. The van der Waals surface area contributed by atoms with Crippen LogP contribution < -0.4 is 16.4 Å². The maximum Gasteiger partial charge on any atom is 0.127 e. The molecule has 0 spiro atoms. The average molecular weight is 301 g/mol. The molecule has 1 aromatic carbocycles. The van der Waals surface area contributed by atoms with Gasteiger partial charge in [-0.2, -0.15) is 0 Å². The minimum Gasteiger partial charge on any atom is -0.496 e. The molecule has 1 aliphatic heterocycles. The Kier molecular flexibility index (Phi) is 4.69. The van der Waals surface area contributed by atoms with Crippen molar-refractivity contribution in [3.8, 4) is 0 Å². The Morgan fingerprint density at radius 3 is 2.64 bits per heavy atom. The molecule has 0 saturated heterocycles. The van der Waals surface area contributed by atoms with Crippen LogP contribution in [0.2, 0.25) is 0 Å². The lowest BCUT2D eigenvalue weighted by Gasteiger charge is -2.44. The molecule has 0 bridgehead atoms. The van der Waals surface area contributed by atoms with Gasteiger partial charge in [-0.25, -0.2) is 0 Å². The zero-order valence-corrected chi connectivity index (χ0v) is 13.4. The van der Waals surface area contributed by atoms with E-state index >= 15 is 0 Å². The van der Waals surface area contributed by atoms with Crippen molar-refractivity contribution in [2.24, 2.45) is 17.4 Å². The first-order valence-corrected chi connectivity index (χ1v) is 8.35. The molecule has 1 aliphatic carbocycles. The second-order valence-electron chi connectivity index (χ2n) is 6.35. The maximum atomic E-state index is 6.46. The van der Waals surface area contributed by atoms with E-state index in [9.17, 15) is 0 Å². The van der Waals surface area contributed by atoms with Gasteiger partial charge in [-0.05, 0) is 37.0 Å². The van der Waals surface area contributed by atoms with Crippen molar-refractivity contribution in [2.45, 2.75) is 44.3 Å². The normalized spacial score (nSPS) is 23.7. The summed E-state index contributed by atoms with van der Waals surface area (Å²) in [5, 5.41) is 0. The molecule has 22 heavy (non-hydrogen) atoms. The van der Waals surface area contributed by atoms with Gasteiger partial charge in [0, 0.05) is 23.8 Å². The topological polar surface area (TPSA) is 64.5 Å². The van der Waals surface area contributed by atoms with E-state index < -0.39 is 0 Å². The van der Waals surface area contributed by atoms with Gasteiger partial charge in [0.1, 0.15) is 11.9 Å². The molecule has 1 saturated carbocycles. The third kappa shape index (κ3) is 2.73. The number of nitrogens with two attached hydrogens (primary N) is 2. The molecule has 2 unspecified atom stereocenters. The molecule has 4 heteroatoms. The van der Waals surface area contributed by atoms with Gasteiger partial charge in [0.25, 0.3) is 0 Å². The SMILES string of the molecule is COC1=CC(N)N(C(CN)C2CCCCC2)c2ccccc21. The fraction of sp³-hybridized carbons (Fsp3) is 0.556. The largest absolute Gasteiger partial charge is 0.496 e. The molecule has 2 atom stereocenters. The van der Waals surface area contributed by atoms with Crippen LogP contribution in [0.1, 0.15) is 37.7 Å².